The number of hydrogen-bond donors (Lipinski definition) is 1. The Morgan fingerprint density at radius 3 is 2.50 bits per heavy atom. The van der Waals surface area contributed by atoms with E-state index in [4.69, 9.17) is 4.98 Å². The van der Waals surface area contributed by atoms with Crippen molar-refractivity contribution in [3.8, 4) is 0 Å². The molecule has 3 aliphatic rings. The predicted octanol–water partition coefficient (Wildman–Crippen LogP) is 5.37. The summed E-state index contributed by atoms with van der Waals surface area (Å²) in [5.74, 6) is 2.21. The molecule has 34 heavy (non-hydrogen) atoms. The van der Waals surface area contributed by atoms with E-state index in [1.807, 2.05) is 6.07 Å². The molecule has 5 rings (SSSR count). The Morgan fingerprint density at radius 1 is 0.971 bits per heavy atom. The van der Waals surface area contributed by atoms with E-state index in [0.29, 0.717) is 18.2 Å². The number of nitrogens with zero attached hydrogens (tertiary/aromatic N) is 3. The number of hydrogen-bond acceptors (Lipinski definition) is 3. The fourth-order valence-electron chi connectivity index (χ4n) is 6.64. The molecule has 1 saturated heterocycles. The number of nitrogens with one attached hydrogen (secondary N) is 1. The van der Waals surface area contributed by atoms with Crippen LogP contribution in [0.25, 0.3) is 11.0 Å². The van der Waals surface area contributed by atoms with Gasteiger partial charge in [0.1, 0.15) is 5.82 Å². The highest BCUT2D eigenvalue weighted by Crippen LogP contribution is 2.37. The summed E-state index contributed by atoms with van der Waals surface area (Å²) >= 11 is 0. The molecule has 6 heteroatoms. The molecule has 0 bridgehead atoms. The first-order chi connectivity index (χ1) is 16.6. The molecular formula is C28H40N4O2. The van der Waals surface area contributed by atoms with E-state index in [2.05, 4.69) is 39.9 Å². The van der Waals surface area contributed by atoms with Crippen molar-refractivity contribution >= 4 is 22.8 Å². The average molecular weight is 465 g/mol. The number of rotatable bonds is 6. The normalized spacial score (nSPS) is 26.1. The molecular weight excluding hydrogens is 424 g/mol. The van der Waals surface area contributed by atoms with Gasteiger partial charge in [0.25, 0.3) is 0 Å². The Bertz CT molecular complexity index is 1000. The van der Waals surface area contributed by atoms with Gasteiger partial charge in [-0.15, -0.1) is 0 Å². The maximum absolute atomic E-state index is 13.6. The van der Waals surface area contributed by atoms with Crippen LogP contribution in [0.1, 0.15) is 95.8 Å². The van der Waals surface area contributed by atoms with Crippen LogP contribution in [0, 0.1) is 11.8 Å². The molecule has 1 aromatic heterocycles. The molecule has 2 aliphatic carbocycles. The Balaban J connectivity index is 1.18. The maximum Gasteiger partial charge on any atom is 0.226 e. The lowest BCUT2D eigenvalue weighted by Gasteiger charge is -2.33. The van der Waals surface area contributed by atoms with Crippen molar-refractivity contribution in [2.75, 3.05) is 6.54 Å². The van der Waals surface area contributed by atoms with Gasteiger partial charge in [0.15, 0.2) is 0 Å². The SMILES string of the molecule is CCn1c(C2CCCN2C(=O)C2CCC(NC(=O)CC3CCCCC3)CC2)nc2ccccc21. The summed E-state index contributed by atoms with van der Waals surface area (Å²) in [6, 6.07) is 8.59. The Morgan fingerprint density at radius 2 is 1.74 bits per heavy atom. The monoisotopic (exact) mass is 464 g/mol. The van der Waals surface area contributed by atoms with Gasteiger partial charge in [0, 0.05) is 31.5 Å². The van der Waals surface area contributed by atoms with E-state index < -0.39 is 0 Å². The zero-order valence-electron chi connectivity index (χ0n) is 20.7. The third-order valence-electron chi connectivity index (χ3n) is 8.47. The van der Waals surface area contributed by atoms with Crippen LogP contribution in [0.2, 0.25) is 0 Å². The molecule has 184 valence electrons. The molecule has 2 saturated carbocycles. The van der Waals surface area contributed by atoms with E-state index in [1.54, 1.807) is 0 Å². The zero-order valence-corrected chi connectivity index (χ0v) is 20.7. The minimum Gasteiger partial charge on any atom is -0.353 e. The summed E-state index contributed by atoms with van der Waals surface area (Å²) in [5.41, 5.74) is 2.17. The van der Waals surface area contributed by atoms with E-state index in [-0.39, 0.29) is 23.9 Å². The fraction of sp³-hybridized carbons (Fsp3) is 0.679. The second-order valence-corrected chi connectivity index (χ2v) is 10.7. The quantitative estimate of drug-likeness (QED) is 0.625. The molecule has 1 aliphatic heterocycles. The van der Waals surface area contributed by atoms with Crippen molar-refractivity contribution in [3.63, 3.8) is 0 Å². The van der Waals surface area contributed by atoms with Gasteiger partial charge in [-0.1, -0.05) is 31.4 Å². The van der Waals surface area contributed by atoms with Gasteiger partial charge in [-0.2, -0.15) is 0 Å². The number of aryl methyl sites for hydroxylation is 1. The third-order valence-corrected chi connectivity index (χ3v) is 8.47. The van der Waals surface area contributed by atoms with Crippen molar-refractivity contribution in [3.05, 3.63) is 30.1 Å². The number of amides is 2. The highest BCUT2D eigenvalue weighted by Gasteiger charge is 2.38. The highest BCUT2D eigenvalue weighted by atomic mass is 16.2. The summed E-state index contributed by atoms with van der Waals surface area (Å²) < 4.78 is 2.28. The van der Waals surface area contributed by atoms with Gasteiger partial charge in [-0.05, 0) is 76.3 Å². The zero-order chi connectivity index (χ0) is 23.5. The van der Waals surface area contributed by atoms with Crippen LogP contribution in [0.4, 0.5) is 0 Å². The summed E-state index contributed by atoms with van der Waals surface area (Å²) in [6.45, 7) is 3.84. The van der Waals surface area contributed by atoms with Crippen molar-refractivity contribution < 1.29 is 9.59 Å². The van der Waals surface area contributed by atoms with Crippen LogP contribution in [0.5, 0.6) is 0 Å². The smallest absolute Gasteiger partial charge is 0.226 e. The molecule has 3 fully saturated rings. The number of para-hydroxylation sites is 2. The number of imidazole rings is 1. The van der Waals surface area contributed by atoms with Crippen molar-refractivity contribution in [2.24, 2.45) is 11.8 Å². The first kappa shape index (κ1) is 23.4. The van der Waals surface area contributed by atoms with Crippen LogP contribution in [-0.2, 0) is 16.1 Å². The van der Waals surface area contributed by atoms with Crippen LogP contribution >= 0.6 is 0 Å². The predicted molar refractivity (Wildman–Crippen MR) is 134 cm³/mol. The molecule has 2 amide bonds. The number of carbonyl (C=O) groups excluding carboxylic acids is 2. The van der Waals surface area contributed by atoms with Crippen molar-refractivity contribution in [2.45, 2.75) is 103 Å². The second-order valence-electron chi connectivity index (χ2n) is 10.7. The summed E-state index contributed by atoms with van der Waals surface area (Å²) in [6.07, 6.45) is 12.6. The summed E-state index contributed by atoms with van der Waals surface area (Å²) in [7, 11) is 0. The van der Waals surface area contributed by atoms with Gasteiger partial charge in [0.05, 0.1) is 17.1 Å². The van der Waals surface area contributed by atoms with Crippen LogP contribution in [0.15, 0.2) is 24.3 Å². The average Bonchev–Trinajstić information content (AvgIpc) is 3.49. The molecule has 6 nitrogen and oxygen atoms in total. The number of fused-ring (bicyclic) bond motifs is 1. The molecule has 2 heterocycles. The van der Waals surface area contributed by atoms with E-state index in [0.717, 1.165) is 68.5 Å². The van der Waals surface area contributed by atoms with Crippen LogP contribution in [0.3, 0.4) is 0 Å². The number of carbonyl (C=O) groups is 2. The molecule has 0 radical (unpaired) electrons. The summed E-state index contributed by atoms with van der Waals surface area (Å²) in [5, 5.41) is 3.28. The van der Waals surface area contributed by atoms with Gasteiger partial charge in [0.2, 0.25) is 11.8 Å². The lowest BCUT2D eigenvalue weighted by molar-refractivity contribution is -0.137. The maximum atomic E-state index is 13.6. The standard InChI is InChI=1S/C28H40N4O2/c1-2-31-24-12-7-6-11-23(24)30-27(31)25-13-8-18-32(25)28(34)21-14-16-22(17-15-21)29-26(33)19-20-9-4-3-5-10-20/h6-7,11-12,20-22,25H,2-5,8-10,13-19H2,1H3,(H,29,33). The van der Waals surface area contributed by atoms with Gasteiger partial charge < -0.3 is 14.8 Å². The molecule has 0 spiro atoms. The van der Waals surface area contributed by atoms with E-state index in [9.17, 15) is 9.59 Å². The summed E-state index contributed by atoms with van der Waals surface area (Å²) in [4.78, 5) is 33.2. The van der Waals surface area contributed by atoms with Gasteiger partial charge in [-0.3, -0.25) is 9.59 Å². The van der Waals surface area contributed by atoms with E-state index in [1.165, 1.54) is 32.1 Å². The lowest BCUT2D eigenvalue weighted by atomic mass is 9.84. The molecule has 1 atom stereocenters. The Hall–Kier alpha value is -2.37. The minimum atomic E-state index is 0.0755. The van der Waals surface area contributed by atoms with Gasteiger partial charge >= 0.3 is 0 Å². The fourth-order valence-corrected chi connectivity index (χ4v) is 6.64. The molecule has 1 aromatic carbocycles. The first-order valence-electron chi connectivity index (χ1n) is 13.7. The second kappa shape index (κ2) is 10.5. The molecule has 1 N–H and O–H groups in total. The van der Waals surface area contributed by atoms with Crippen molar-refractivity contribution in [1.82, 2.24) is 19.8 Å². The topological polar surface area (TPSA) is 67.2 Å². The highest BCUT2D eigenvalue weighted by molar-refractivity contribution is 5.81. The molecule has 1 unspecified atom stereocenters. The largest absolute Gasteiger partial charge is 0.353 e. The first-order valence-corrected chi connectivity index (χ1v) is 13.7. The van der Waals surface area contributed by atoms with Crippen LogP contribution in [-0.4, -0.2) is 38.9 Å². The number of benzene rings is 1. The van der Waals surface area contributed by atoms with E-state index >= 15 is 0 Å². The Labute approximate surface area is 203 Å². The number of likely N-dealkylation sites (tertiary alicyclic amines) is 1. The lowest BCUT2D eigenvalue weighted by Crippen LogP contribution is -2.42. The number of aromatic nitrogens is 2. The van der Waals surface area contributed by atoms with Crippen LogP contribution < -0.4 is 5.32 Å². The minimum absolute atomic E-state index is 0.0755. The Kier molecular flexibility index (Phi) is 7.21. The molecule has 2 aromatic rings. The third kappa shape index (κ3) is 4.87. The van der Waals surface area contributed by atoms with Crippen molar-refractivity contribution in [1.29, 1.82) is 0 Å². The van der Waals surface area contributed by atoms with Gasteiger partial charge in [-0.25, -0.2) is 4.98 Å².